The lowest BCUT2D eigenvalue weighted by Crippen LogP contribution is -2.62. The van der Waals surface area contributed by atoms with Gasteiger partial charge in [0.2, 0.25) is 0 Å². The summed E-state index contributed by atoms with van der Waals surface area (Å²) in [6, 6.07) is 8.13. The lowest BCUT2D eigenvalue weighted by atomic mass is 9.84. The van der Waals surface area contributed by atoms with Gasteiger partial charge in [-0.3, -0.25) is 4.79 Å². The molecule has 1 spiro atoms. The molecule has 0 aromatic heterocycles. The average Bonchev–Trinajstić information content (AvgIpc) is 3.06. The first-order chi connectivity index (χ1) is 10.8. The Morgan fingerprint density at radius 3 is 2.86 bits per heavy atom. The second kappa shape index (κ2) is 5.56. The quantitative estimate of drug-likeness (QED) is 0.874. The summed E-state index contributed by atoms with van der Waals surface area (Å²) in [6.07, 6.45) is 3.99. The monoisotopic (exact) mass is 301 g/mol. The zero-order chi connectivity index (χ0) is 15.0. The standard InChI is InChI=1S/C17H23N3O2/c21-16-17(7-9-18-10-8-17)19-14-5-1-2-6-15(14)20(16)12-13-4-3-11-22-13/h1-2,5-6,13,18-19H,3-4,7-12H2. The highest BCUT2D eigenvalue weighted by atomic mass is 16.5. The van der Waals surface area contributed by atoms with Crippen LogP contribution in [-0.2, 0) is 9.53 Å². The van der Waals surface area contributed by atoms with E-state index in [9.17, 15) is 4.79 Å². The zero-order valence-electron chi connectivity index (χ0n) is 12.8. The van der Waals surface area contributed by atoms with Crippen LogP contribution < -0.4 is 15.5 Å². The van der Waals surface area contributed by atoms with Gasteiger partial charge in [-0.25, -0.2) is 0 Å². The number of rotatable bonds is 2. The molecule has 2 fully saturated rings. The normalized spacial score (nSPS) is 26.8. The molecule has 5 heteroatoms. The molecule has 0 bridgehead atoms. The Morgan fingerprint density at radius 2 is 2.09 bits per heavy atom. The summed E-state index contributed by atoms with van der Waals surface area (Å²) < 4.78 is 5.77. The topological polar surface area (TPSA) is 53.6 Å². The molecule has 0 saturated carbocycles. The van der Waals surface area contributed by atoms with Gasteiger partial charge >= 0.3 is 0 Å². The summed E-state index contributed by atoms with van der Waals surface area (Å²) in [5, 5.41) is 6.90. The highest BCUT2D eigenvalue weighted by molar-refractivity contribution is 6.08. The molecule has 2 saturated heterocycles. The van der Waals surface area contributed by atoms with Crippen molar-refractivity contribution >= 4 is 17.3 Å². The molecule has 4 rings (SSSR count). The van der Waals surface area contributed by atoms with E-state index in [-0.39, 0.29) is 12.0 Å². The van der Waals surface area contributed by atoms with Crippen molar-refractivity contribution < 1.29 is 9.53 Å². The van der Waals surface area contributed by atoms with Gasteiger partial charge < -0.3 is 20.3 Å². The number of hydrogen-bond acceptors (Lipinski definition) is 4. The Bertz CT molecular complexity index is 563. The maximum atomic E-state index is 13.2. The molecular formula is C17H23N3O2. The Hall–Kier alpha value is -1.59. The van der Waals surface area contributed by atoms with E-state index < -0.39 is 5.54 Å². The fourth-order valence-corrected chi connectivity index (χ4v) is 3.86. The van der Waals surface area contributed by atoms with Gasteiger partial charge in [0.25, 0.3) is 5.91 Å². The SMILES string of the molecule is O=C1N(CC2CCCO2)c2ccccc2NC12CCNCC2. The molecule has 3 aliphatic heterocycles. The number of benzene rings is 1. The first-order valence-corrected chi connectivity index (χ1v) is 8.30. The van der Waals surface area contributed by atoms with E-state index >= 15 is 0 Å². The van der Waals surface area contributed by atoms with Crippen molar-refractivity contribution in [2.75, 3.05) is 36.5 Å². The average molecular weight is 301 g/mol. The van der Waals surface area contributed by atoms with Gasteiger partial charge in [-0.05, 0) is 50.9 Å². The highest BCUT2D eigenvalue weighted by Crippen LogP contribution is 2.39. The van der Waals surface area contributed by atoms with Crippen LogP contribution in [0.4, 0.5) is 11.4 Å². The smallest absolute Gasteiger partial charge is 0.252 e. The number of nitrogens with one attached hydrogen (secondary N) is 2. The van der Waals surface area contributed by atoms with Crippen LogP contribution in [0, 0.1) is 0 Å². The van der Waals surface area contributed by atoms with Gasteiger partial charge in [0.15, 0.2) is 0 Å². The number of para-hydroxylation sites is 2. The van der Waals surface area contributed by atoms with Crippen LogP contribution in [0.3, 0.4) is 0 Å². The van der Waals surface area contributed by atoms with Crippen molar-refractivity contribution in [2.45, 2.75) is 37.3 Å². The van der Waals surface area contributed by atoms with E-state index in [1.165, 1.54) is 0 Å². The fourth-order valence-electron chi connectivity index (χ4n) is 3.86. The number of carbonyl (C=O) groups is 1. The fraction of sp³-hybridized carbons (Fsp3) is 0.588. The number of ether oxygens (including phenoxy) is 1. The molecule has 3 aliphatic rings. The molecule has 1 unspecified atom stereocenters. The maximum Gasteiger partial charge on any atom is 0.252 e. The first kappa shape index (κ1) is 14.0. The third kappa shape index (κ3) is 2.29. The molecule has 1 aromatic carbocycles. The number of hydrogen-bond donors (Lipinski definition) is 2. The number of anilines is 2. The summed E-state index contributed by atoms with van der Waals surface area (Å²) in [5.74, 6) is 0.211. The van der Waals surface area contributed by atoms with Crippen LogP contribution in [-0.4, -0.2) is 43.8 Å². The minimum atomic E-state index is -0.446. The van der Waals surface area contributed by atoms with Gasteiger partial charge in [-0.2, -0.15) is 0 Å². The van der Waals surface area contributed by atoms with Crippen LogP contribution >= 0.6 is 0 Å². The van der Waals surface area contributed by atoms with Gasteiger partial charge in [0.1, 0.15) is 5.54 Å². The van der Waals surface area contributed by atoms with E-state index in [0.717, 1.165) is 56.8 Å². The maximum absolute atomic E-state index is 13.2. The summed E-state index contributed by atoms with van der Waals surface area (Å²) in [5.41, 5.74) is 1.62. The lowest BCUT2D eigenvalue weighted by Gasteiger charge is -2.46. The Balaban J connectivity index is 1.68. The van der Waals surface area contributed by atoms with Crippen molar-refractivity contribution in [1.29, 1.82) is 0 Å². The minimum absolute atomic E-state index is 0.175. The molecule has 3 heterocycles. The highest BCUT2D eigenvalue weighted by Gasteiger charge is 2.46. The first-order valence-electron chi connectivity index (χ1n) is 8.30. The van der Waals surface area contributed by atoms with Gasteiger partial charge in [0.05, 0.1) is 24.0 Å². The number of nitrogens with zero attached hydrogens (tertiary/aromatic N) is 1. The van der Waals surface area contributed by atoms with Crippen LogP contribution in [0.2, 0.25) is 0 Å². The van der Waals surface area contributed by atoms with Crippen LogP contribution in [0.1, 0.15) is 25.7 Å². The lowest BCUT2D eigenvalue weighted by molar-refractivity contribution is -0.124. The second-order valence-corrected chi connectivity index (χ2v) is 6.53. The molecule has 1 aromatic rings. The van der Waals surface area contributed by atoms with E-state index in [4.69, 9.17) is 4.74 Å². The van der Waals surface area contributed by atoms with E-state index in [1.807, 2.05) is 23.1 Å². The molecule has 5 nitrogen and oxygen atoms in total. The summed E-state index contributed by atoms with van der Waals surface area (Å²) in [4.78, 5) is 15.2. The third-order valence-electron chi connectivity index (χ3n) is 5.09. The van der Waals surface area contributed by atoms with Crippen molar-refractivity contribution in [1.82, 2.24) is 5.32 Å². The molecule has 1 amide bonds. The van der Waals surface area contributed by atoms with Crippen LogP contribution in [0.15, 0.2) is 24.3 Å². The summed E-state index contributed by atoms with van der Waals surface area (Å²) >= 11 is 0. The number of piperidine rings is 1. The number of amides is 1. The van der Waals surface area contributed by atoms with Crippen molar-refractivity contribution in [3.63, 3.8) is 0 Å². The van der Waals surface area contributed by atoms with Crippen LogP contribution in [0.5, 0.6) is 0 Å². The van der Waals surface area contributed by atoms with E-state index in [1.54, 1.807) is 0 Å². The zero-order valence-corrected chi connectivity index (χ0v) is 12.8. The van der Waals surface area contributed by atoms with Crippen molar-refractivity contribution in [2.24, 2.45) is 0 Å². The molecule has 2 N–H and O–H groups in total. The Morgan fingerprint density at radius 1 is 1.27 bits per heavy atom. The number of fused-ring (bicyclic) bond motifs is 1. The molecule has 22 heavy (non-hydrogen) atoms. The molecule has 0 aliphatic carbocycles. The number of carbonyl (C=O) groups excluding carboxylic acids is 1. The van der Waals surface area contributed by atoms with Crippen molar-refractivity contribution in [3.8, 4) is 0 Å². The largest absolute Gasteiger partial charge is 0.376 e. The minimum Gasteiger partial charge on any atom is -0.376 e. The van der Waals surface area contributed by atoms with Gasteiger partial charge in [-0.1, -0.05) is 12.1 Å². The molecule has 1 atom stereocenters. The Labute approximate surface area is 131 Å². The van der Waals surface area contributed by atoms with Crippen LogP contribution in [0.25, 0.3) is 0 Å². The molecular weight excluding hydrogens is 278 g/mol. The molecule has 0 radical (unpaired) electrons. The van der Waals surface area contributed by atoms with Gasteiger partial charge in [-0.15, -0.1) is 0 Å². The van der Waals surface area contributed by atoms with E-state index in [0.29, 0.717) is 6.54 Å². The molecule has 118 valence electrons. The third-order valence-corrected chi connectivity index (χ3v) is 5.09. The van der Waals surface area contributed by atoms with E-state index in [2.05, 4.69) is 16.7 Å². The Kier molecular flexibility index (Phi) is 3.54. The summed E-state index contributed by atoms with van der Waals surface area (Å²) in [7, 11) is 0. The van der Waals surface area contributed by atoms with Gasteiger partial charge in [0, 0.05) is 6.61 Å². The second-order valence-electron chi connectivity index (χ2n) is 6.53. The summed E-state index contributed by atoms with van der Waals surface area (Å²) in [6.45, 7) is 3.26. The predicted octanol–water partition coefficient (Wildman–Crippen LogP) is 1.75. The predicted molar refractivity (Wildman–Crippen MR) is 86.2 cm³/mol. The van der Waals surface area contributed by atoms with Crippen molar-refractivity contribution in [3.05, 3.63) is 24.3 Å².